The summed E-state index contributed by atoms with van der Waals surface area (Å²) in [5.41, 5.74) is 4.47. The van der Waals surface area contributed by atoms with Crippen LogP contribution in [0.4, 0.5) is 5.69 Å². The fourth-order valence-corrected chi connectivity index (χ4v) is 4.42. The molecule has 5 nitrogen and oxygen atoms in total. The van der Waals surface area contributed by atoms with Crippen LogP contribution in [0, 0.1) is 11.3 Å². The fraction of sp³-hybridized carbons (Fsp3) is 0.133. The van der Waals surface area contributed by atoms with Gasteiger partial charge in [0.1, 0.15) is 23.1 Å². The van der Waals surface area contributed by atoms with Gasteiger partial charge in [0.15, 0.2) is 0 Å². The van der Waals surface area contributed by atoms with Gasteiger partial charge in [0.2, 0.25) is 5.88 Å². The molecule has 0 fully saturated rings. The second-order valence-corrected chi connectivity index (χ2v) is 8.58. The standard InChI is InChI=1S/C30H25N3O2/c1-33(2)23-13-10-22(11-14-23)28-26(18-31)30(32-19-20-8-15-24(34-3)16-9-20)35-27-17-12-21-6-4-5-7-25(21)29(27)28/h4-17,19,28H,1-3H3/b32-19+. The van der Waals surface area contributed by atoms with E-state index in [0.717, 1.165) is 38.9 Å². The van der Waals surface area contributed by atoms with Crippen molar-refractivity contribution >= 4 is 22.7 Å². The number of aliphatic imine (C=N–C) groups is 1. The van der Waals surface area contributed by atoms with E-state index in [2.05, 4.69) is 52.4 Å². The van der Waals surface area contributed by atoms with Gasteiger partial charge >= 0.3 is 0 Å². The quantitative estimate of drug-likeness (QED) is 0.329. The molecule has 1 aliphatic heterocycles. The number of hydrogen-bond acceptors (Lipinski definition) is 5. The highest BCUT2D eigenvalue weighted by Gasteiger charge is 2.33. The SMILES string of the molecule is COc1ccc(/C=N/C2=C(C#N)C(c3ccc(N(C)C)cc3)c3c(ccc4ccccc34)O2)cc1. The van der Waals surface area contributed by atoms with E-state index in [1.807, 2.05) is 62.6 Å². The first-order chi connectivity index (χ1) is 17.1. The Morgan fingerprint density at radius 3 is 2.37 bits per heavy atom. The summed E-state index contributed by atoms with van der Waals surface area (Å²) >= 11 is 0. The summed E-state index contributed by atoms with van der Waals surface area (Å²) in [4.78, 5) is 6.68. The molecule has 4 aromatic carbocycles. The lowest BCUT2D eigenvalue weighted by atomic mass is 9.81. The average molecular weight is 460 g/mol. The summed E-state index contributed by atoms with van der Waals surface area (Å²) in [7, 11) is 5.66. The molecule has 1 atom stereocenters. The Hall–Kier alpha value is -4.56. The van der Waals surface area contributed by atoms with Gasteiger partial charge in [-0.15, -0.1) is 0 Å². The second kappa shape index (κ2) is 9.36. The van der Waals surface area contributed by atoms with E-state index in [-0.39, 0.29) is 5.92 Å². The predicted octanol–water partition coefficient (Wildman–Crippen LogP) is 6.29. The number of rotatable bonds is 5. The number of anilines is 1. The summed E-state index contributed by atoms with van der Waals surface area (Å²) < 4.78 is 11.5. The third-order valence-corrected chi connectivity index (χ3v) is 6.26. The molecule has 0 saturated heterocycles. The van der Waals surface area contributed by atoms with Crippen LogP contribution in [0.25, 0.3) is 10.8 Å². The Morgan fingerprint density at radius 1 is 0.943 bits per heavy atom. The number of nitrogens with zero attached hydrogens (tertiary/aromatic N) is 3. The van der Waals surface area contributed by atoms with Gasteiger partial charge in [0, 0.05) is 31.6 Å². The monoisotopic (exact) mass is 459 g/mol. The topological polar surface area (TPSA) is 57.8 Å². The Balaban J connectivity index is 1.66. The third-order valence-electron chi connectivity index (χ3n) is 6.26. The van der Waals surface area contributed by atoms with E-state index in [4.69, 9.17) is 9.47 Å². The molecule has 0 aliphatic carbocycles. The Labute approximate surface area is 205 Å². The molecular formula is C30H25N3O2. The molecule has 1 aliphatic rings. The maximum Gasteiger partial charge on any atom is 0.234 e. The maximum absolute atomic E-state index is 10.3. The highest BCUT2D eigenvalue weighted by Crippen LogP contribution is 2.46. The Bertz CT molecular complexity index is 1480. The van der Waals surface area contributed by atoms with E-state index in [9.17, 15) is 5.26 Å². The van der Waals surface area contributed by atoms with Crippen molar-refractivity contribution in [2.24, 2.45) is 4.99 Å². The van der Waals surface area contributed by atoms with Crippen LogP contribution in [-0.2, 0) is 0 Å². The molecule has 5 rings (SSSR count). The van der Waals surface area contributed by atoms with Crippen molar-refractivity contribution in [1.29, 1.82) is 5.26 Å². The van der Waals surface area contributed by atoms with Crippen LogP contribution in [-0.4, -0.2) is 27.4 Å². The molecule has 0 amide bonds. The van der Waals surface area contributed by atoms with Crippen molar-refractivity contribution in [3.05, 3.63) is 113 Å². The van der Waals surface area contributed by atoms with Gasteiger partial charge in [0.05, 0.1) is 13.0 Å². The summed E-state index contributed by atoms with van der Waals surface area (Å²) in [5.74, 6) is 1.50. The minimum atomic E-state index is -0.297. The predicted molar refractivity (Wildman–Crippen MR) is 140 cm³/mol. The number of nitriles is 1. The zero-order valence-electron chi connectivity index (χ0n) is 19.9. The van der Waals surface area contributed by atoms with Crippen LogP contribution in [0.2, 0.25) is 0 Å². The van der Waals surface area contributed by atoms with Gasteiger partial charge in [-0.05, 0) is 64.4 Å². The fourth-order valence-electron chi connectivity index (χ4n) is 4.42. The van der Waals surface area contributed by atoms with Crippen LogP contribution >= 0.6 is 0 Å². The van der Waals surface area contributed by atoms with E-state index in [1.54, 1.807) is 13.3 Å². The number of allylic oxidation sites excluding steroid dienone is 1. The van der Waals surface area contributed by atoms with E-state index in [0.29, 0.717) is 17.2 Å². The molecule has 1 heterocycles. The van der Waals surface area contributed by atoms with Gasteiger partial charge in [-0.2, -0.15) is 5.26 Å². The number of hydrogen-bond donors (Lipinski definition) is 0. The minimum absolute atomic E-state index is 0.297. The van der Waals surface area contributed by atoms with Crippen molar-refractivity contribution in [3.8, 4) is 17.6 Å². The molecule has 0 spiro atoms. The first kappa shape index (κ1) is 22.2. The highest BCUT2D eigenvalue weighted by molar-refractivity contribution is 5.90. The first-order valence-electron chi connectivity index (χ1n) is 11.4. The van der Waals surface area contributed by atoms with E-state index >= 15 is 0 Å². The average Bonchev–Trinajstić information content (AvgIpc) is 2.91. The zero-order valence-corrected chi connectivity index (χ0v) is 19.9. The number of ether oxygens (including phenoxy) is 2. The summed E-state index contributed by atoms with van der Waals surface area (Å²) in [6.07, 6.45) is 1.71. The van der Waals surface area contributed by atoms with E-state index < -0.39 is 0 Å². The molecular weight excluding hydrogens is 434 g/mol. The van der Waals surface area contributed by atoms with Crippen LogP contribution < -0.4 is 14.4 Å². The van der Waals surface area contributed by atoms with Gasteiger partial charge in [-0.1, -0.05) is 42.5 Å². The Kier molecular flexibility index (Phi) is 5.95. The highest BCUT2D eigenvalue weighted by atomic mass is 16.5. The minimum Gasteiger partial charge on any atom is -0.497 e. The number of fused-ring (bicyclic) bond motifs is 3. The number of methoxy groups -OCH3 is 1. The van der Waals surface area contributed by atoms with E-state index in [1.165, 1.54) is 0 Å². The summed E-state index contributed by atoms with van der Waals surface area (Å²) in [5, 5.41) is 12.5. The van der Waals surface area contributed by atoms with Crippen molar-refractivity contribution in [1.82, 2.24) is 0 Å². The Morgan fingerprint density at radius 2 is 1.69 bits per heavy atom. The maximum atomic E-state index is 10.3. The molecule has 4 aromatic rings. The van der Waals surface area contributed by atoms with Crippen molar-refractivity contribution < 1.29 is 9.47 Å². The van der Waals surface area contributed by atoms with Gasteiger partial charge in [-0.25, -0.2) is 4.99 Å². The van der Waals surface area contributed by atoms with Gasteiger partial charge < -0.3 is 14.4 Å². The number of benzene rings is 4. The second-order valence-electron chi connectivity index (χ2n) is 8.58. The molecule has 172 valence electrons. The molecule has 1 unspecified atom stereocenters. The zero-order chi connectivity index (χ0) is 24.4. The molecule has 0 bridgehead atoms. The lowest BCUT2D eigenvalue weighted by Crippen LogP contribution is -2.16. The summed E-state index contributed by atoms with van der Waals surface area (Å²) in [6, 6.07) is 30.5. The van der Waals surface area contributed by atoms with Gasteiger partial charge in [-0.3, -0.25) is 0 Å². The van der Waals surface area contributed by atoms with Crippen molar-refractivity contribution in [3.63, 3.8) is 0 Å². The summed E-state index contributed by atoms with van der Waals surface area (Å²) in [6.45, 7) is 0. The molecule has 0 saturated carbocycles. The van der Waals surface area contributed by atoms with Crippen LogP contribution in [0.5, 0.6) is 11.5 Å². The van der Waals surface area contributed by atoms with Crippen molar-refractivity contribution in [2.75, 3.05) is 26.1 Å². The van der Waals surface area contributed by atoms with Crippen LogP contribution in [0.3, 0.4) is 0 Å². The molecule has 35 heavy (non-hydrogen) atoms. The smallest absolute Gasteiger partial charge is 0.234 e. The lowest BCUT2D eigenvalue weighted by Gasteiger charge is -2.28. The largest absolute Gasteiger partial charge is 0.497 e. The van der Waals surface area contributed by atoms with Gasteiger partial charge in [0.25, 0.3) is 0 Å². The normalized spacial score (nSPS) is 15.0. The molecule has 0 N–H and O–H groups in total. The first-order valence-corrected chi connectivity index (χ1v) is 11.4. The van der Waals surface area contributed by atoms with Crippen molar-refractivity contribution in [2.45, 2.75) is 5.92 Å². The lowest BCUT2D eigenvalue weighted by molar-refractivity contribution is 0.396. The molecule has 5 heteroatoms. The molecule has 0 radical (unpaired) electrons. The third kappa shape index (κ3) is 4.22. The molecule has 0 aromatic heterocycles. The van der Waals surface area contributed by atoms with Crippen LogP contribution in [0.1, 0.15) is 22.6 Å². The van der Waals surface area contributed by atoms with Crippen LogP contribution in [0.15, 0.2) is 101 Å².